The van der Waals surface area contributed by atoms with Crippen molar-refractivity contribution in [2.24, 2.45) is 5.73 Å². The second-order valence-corrected chi connectivity index (χ2v) is 4.49. The highest BCUT2D eigenvalue weighted by molar-refractivity contribution is 5.69. The van der Waals surface area contributed by atoms with Crippen LogP contribution >= 0.6 is 0 Å². The lowest BCUT2D eigenvalue weighted by Gasteiger charge is -2.05. The molecule has 0 bridgehead atoms. The zero-order valence-corrected chi connectivity index (χ0v) is 9.38. The van der Waals surface area contributed by atoms with E-state index >= 15 is 0 Å². The van der Waals surface area contributed by atoms with Gasteiger partial charge in [-0.2, -0.15) is 0 Å². The van der Waals surface area contributed by atoms with Gasteiger partial charge in [-0.25, -0.2) is 0 Å². The largest absolute Gasteiger partial charge is 0.507 e. The van der Waals surface area contributed by atoms with Crippen molar-refractivity contribution in [1.82, 2.24) is 4.98 Å². The number of para-hydroxylation sites is 1. The molecule has 17 heavy (non-hydrogen) atoms. The molecule has 1 aromatic carbocycles. The van der Waals surface area contributed by atoms with Crippen LogP contribution in [0.2, 0.25) is 0 Å². The number of hydrogen-bond donors (Lipinski definition) is 2. The molecule has 1 aliphatic carbocycles. The maximum Gasteiger partial charge on any atom is 0.123 e. The van der Waals surface area contributed by atoms with E-state index in [-0.39, 0.29) is 11.8 Å². The molecule has 1 aliphatic rings. The number of nitrogens with zero attached hydrogens (tertiary/aromatic N) is 1. The minimum Gasteiger partial charge on any atom is -0.507 e. The first-order chi connectivity index (χ1) is 8.25. The SMILES string of the molecule is N[C@@H]1C[C@@H]1c1ccc(-c2ccccc2O)cn1. The highest BCUT2D eigenvalue weighted by Crippen LogP contribution is 2.38. The van der Waals surface area contributed by atoms with E-state index in [1.165, 1.54) is 0 Å². The summed E-state index contributed by atoms with van der Waals surface area (Å²) < 4.78 is 0. The summed E-state index contributed by atoms with van der Waals surface area (Å²) in [4.78, 5) is 4.42. The first-order valence-corrected chi connectivity index (χ1v) is 5.75. The molecule has 0 unspecified atom stereocenters. The van der Waals surface area contributed by atoms with E-state index in [2.05, 4.69) is 4.98 Å². The van der Waals surface area contributed by atoms with Crippen LogP contribution in [-0.4, -0.2) is 16.1 Å². The quantitative estimate of drug-likeness (QED) is 0.825. The van der Waals surface area contributed by atoms with E-state index in [1.54, 1.807) is 12.3 Å². The van der Waals surface area contributed by atoms with Crippen molar-refractivity contribution in [3.05, 3.63) is 48.3 Å². The number of pyridine rings is 1. The Morgan fingerprint density at radius 2 is 1.94 bits per heavy atom. The number of phenolic OH excluding ortho intramolecular Hbond substituents is 1. The molecule has 1 fully saturated rings. The Kier molecular flexibility index (Phi) is 2.34. The van der Waals surface area contributed by atoms with Crippen molar-refractivity contribution in [2.75, 3.05) is 0 Å². The van der Waals surface area contributed by atoms with Gasteiger partial charge in [-0.1, -0.05) is 24.3 Å². The van der Waals surface area contributed by atoms with Crippen LogP contribution in [0.4, 0.5) is 0 Å². The molecule has 3 N–H and O–H groups in total. The van der Waals surface area contributed by atoms with E-state index in [1.807, 2.05) is 30.3 Å². The Hall–Kier alpha value is -1.87. The third kappa shape index (κ3) is 1.89. The smallest absolute Gasteiger partial charge is 0.123 e. The van der Waals surface area contributed by atoms with Crippen molar-refractivity contribution in [1.29, 1.82) is 0 Å². The van der Waals surface area contributed by atoms with Crippen LogP contribution in [0.5, 0.6) is 5.75 Å². The van der Waals surface area contributed by atoms with Crippen LogP contribution in [0, 0.1) is 0 Å². The summed E-state index contributed by atoms with van der Waals surface area (Å²) in [5.74, 6) is 0.707. The molecule has 0 amide bonds. The fourth-order valence-corrected chi connectivity index (χ4v) is 2.06. The number of phenols is 1. The Bertz CT molecular complexity index is 536. The van der Waals surface area contributed by atoms with Gasteiger partial charge in [0.1, 0.15) is 5.75 Å². The summed E-state index contributed by atoms with van der Waals surface area (Å²) in [7, 11) is 0. The lowest BCUT2D eigenvalue weighted by atomic mass is 10.1. The predicted octanol–water partition coefficient (Wildman–Crippen LogP) is 2.27. The highest BCUT2D eigenvalue weighted by Gasteiger charge is 2.35. The molecule has 0 saturated heterocycles. The van der Waals surface area contributed by atoms with Gasteiger partial charge in [0.15, 0.2) is 0 Å². The molecule has 0 spiro atoms. The first-order valence-electron chi connectivity index (χ1n) is 5.75. The minimum absolute atomic E-state index is 0.276. The van der Waals surface area contributed by atoms with E-state index in [0.717, 1.165) is 23.2 Å². The fraction of sp³-hybridized carbons (Fsp3) is 0.214. The lowest BCUT2D eigenvalue weighted by molar-refractivity contribution is 0.477. The highest BCUT2D eigenvalue weighted by atomic mass is 16.3. The van der Waals surface area contributed by atoms with Gasteiger partial charge in [0.25, 0.3) is 0 Å². The first kappa shape index (κ1) is 10.3. The number of nitrogens with two attached hydrogens (primary N) is 1. The number of benzene rings is 1. The van der Waals surface area contributed by atoms with E-state index in [4.69, 9.17) is 5.73 Å². The number of aromatic hydroxyl groups is 1. The third-order valence-electron chi connectivity index (χ3n) is 3.22. The average molecular weight is 226 g/mol. The van der Waals surface area contributed by atoms with Crippen LogP contribution in [0.15, 0.2) is 42.6 Å². The van der Waals surface area contributed by atoms with Crippen LogP contribution in [0.1, 0.15) is 18.0 Å². The van der Waals surface area contributed by atoms with E-state index in [0.29, 0.717) is 5.92 Å². The Morgan fingerprint density at radius 1 is 1.18 bits per heavy atom. The summed E-state index contributed by atoms with van der Waals surface area (Å²) in [6.45, 7) is 0. The Balaban J connectivity index is 1.92. The second-order valence-electron chi connectivity index (χ2n) is 4.49. The molecular formula is C14H14N2O. The molecular weight excluding hydrogens is 212 g/mol. The van der Waals surface area contributed by atoms with E-state index in [9.17, 15) is 5.11 Å². The summed E-state index contributed by atoms with van der Waals surface area (Å²) in [5.41, 5.74) is 8.59. The number of hydrogen-bond acceptors (Lipinski definition) is 3. The molecule has 0 radical (unpaired) electrons. The van der Waals surface area contributed by atoms with Crippen LogP contribution < -0.4 is 5.73 Å². The van der Waals surface area contributed by atoms with Gasteiger partial charge in [0.2, 0.25) is 0 Å². The molecule has 1 aromatic heterocycles. The predicted molar refractivity (Wildman–Crippen MR) is 66.7 cm³/mol. The van der Waals surface area contributed by atoms with Crippen molar-refractivity contribution >= 4 is 0 Å². The maximum atomic E-state index is 9.75. The third-order valence-corrected chi connectivity index (χ3v) is 3.22. The van der Waals surface area contributed by atoms with Crippen molar-refractivity contribution in [3.63, 3.8) is 0 Å². The van der Waals surface area contributed by atoms with Gasteiger partial charge < -0.3 is 10.8 Å². The summed E-state index contributed by atoms with van der Waals surface area (Å²) in [5, 5.41) is 9.75. The molecule has 0 aliphatic heterocycles. The van der Waals surface area contributed by atoms with Crippen LogP contribution in [-0.2, 0) is 0 Å². The van der Waals surface area contributed by atoms with Crippen molar-refractivity contribution in [2.45, 2.75) is 18.4 Å². The molecule has 2 atom stereocenters. The topological polar surface area (TPSA) is 59.1 Å². The van der Waals surface area contributed by atoms with Gasteiger partial charge in [0.05, 0.1) is 0 Å². The van der Waals surface area contributed by atoms with Crippen LogP contribution in [0.3, 0.4) is 0 Å². The number of aromatic nitrogens is 1. The van der Waals surface area contributed by atoms with Crippen molar-refractivity contribution < 1.29 is 5.11 Å². The summed E-state index contributed by atoms with van der Waals surface area (Å²) >= 11 is 0. The summed E-state index contributed by atoms with van der Waals surface area (Å²) in [6.07, 6.45) is 2.83. The van der Waals surface area contributed by atoms with Gasteiger partial charge in [0, 0.05) is 35.0 Å². The van der Waals surface area contributed by atoms with Gasteiger partial charge in [-0.15, -0.1) is 0 Å². The normalized spacial score (nSPS) is 22.4. The monoisotopic (exact) mass is 226 g/mol. The Morgan fingerprint density at radius 3 is 2.53 bits per heavy atom. The van der Waals surface area contributed by atoms with Crippen molar-refractivity contribution in [3.8, 4) is 16.9 Å². The molecule has 86 valence electrons. The van der Waals surface area contributed by atoms with Gasteiger partial charge in [-0.3, -0.25) is 4.98 Å². The molecule has 3 nitrogen and oxygen atoms in total. The minimum atomic E-state index is 0.276. The zero-order chi connectivity index (χ0) is 11.8. The Labute approximate surface area is 99.9 Å². The molecule has 2 aromatic rings. The zero-order valence-electron chi connectivity index (χ0n) is 9.38. The second kappa shape index (κ2) is 3.86. The summed E-state index contributed by atoms with van der Waals surface area (Å²) in [6, 6.07) is 11.5. The van der Waals surface area contributed by atoms with Crippen LogP contribution in [0.25, 0.3) is 11.1 Å². The standard InChI is InChI=1S/C14H14N2O/c15-12-7-11(12)13-6-5-9(8-16-13)10-3-1-2-4-14(10)17/h1-6,8,11-12,17H,7,15H2/t11-,12+/m0/s1. The maximum absolute atomic E-state index is 9.75. The lowest BCUT2D eigenvalue weighted by Crippen LogP contribution is -2.01. The average Bonchev–Trinajstić information content (AvgIpc) is 3.07. The van der Waals surface area contributed by atoms with E-state index < -0.39 is 0 Å². The molecule has 1 saturated carbocycles. The molecule has 3 rings (SSSR count). The van der Waals surface area contributed by atoms with Gasteiger partial charge in [-0.05, 0) is 18.6 Å². The molecule has 1 heterocycles. The number of rotatable bonds is 2. The molecule has 3 heteroatoms. The van der Waals surface area contributed by atoms with Gasteiger partial charge >= 0.3 is 0 Å². The fourth-order valence-electron chi connectivity index (χ4n) is 2.06.